The second-order valence-corrected chi connectivity index (χ2v) is 6.64. The third-order valence-electron chi connectivity index (χ3n) is 5.39. The van der Waals surface area contributed by atoms with E-state index in [1.807, 2.05) is 18.2 Å². The molecule has 4 rings (SSSR count). The molecule has 0 aromatic heterocycles. The Morgan fingerprint density at radius 1 is 1.05 bits per heavy atom. The molecule has 2 aromatic carbocycles. The van der Waals surface area contributed by atoms with Gasteiger partial charge in [0.2, 0.25) is 0 Å². The Balaban J connectivity index is 1.83. The van der Waals surface area contributed by atoms with E-state index < -0.39 is 0 Å². The summed E-state index contributed by atoms with van der Waals surface area (Å²) in [4.78, 5) is 2.47. The van der Waals surface area contributed by atoms with Crippen molar-refractivity contribution in [3.63, 3.8) is 0 Å². The van der Waals surface area contributed by atoms with Crippen LogP contribution in [0, 0.1) is 11.6 Å². The molecule has 0 radical (unpaired) electrons. The minimum absolute atomic E-state index is 0.116. The predicted octanol–water partition coefficient (Wildman–Crippen LogP) is 4.57. The van der Waals surface area contributed by atoms with E-state index in [1.54, 1.807) is 12.1 Å². The fourth-order valence-electron chi connectivity index (χ4n) is 4.30. The number of halogens is 2. The second-order valence-electron chi connectivity index (χ2n) is 6.64. The summed E-state index contributed by atoms with van der Waals surface area (Å²) in [5.74, 6) is -0.363. The molecular formula is C19H19F2N. The number of fused-ring (bicyclic) bond motifs is 3. The fraction of sp³-hybridized carbons (Fsp3) is 0.368. The van der Waals surface area contributed by atoms with Crippen molar-refractivity contribution in [2.24, 2.45) is 0 Å². The summed E-state index contributed by atoms with van der Waals surface area (Å²) in [5.41, 5.74) is 3.37. The van der Waals surface area contributed by atoms with E-state index in [1.165, 1.54) is 17.7 Å². The Hall–Kier alpha value is -1.74. The van der Waals surface area contributed by atoms with Crippen molar-refractivity contribution in [3.05, 3.63) is 70.8 Å². The number of hydrogen-bond donors (Lipinski definition) is 0. The molecule has 2 aliphatic heterocycles. The lowest BCUT2D eigenvalue weighted by Gasteiger charge is -2.46. The number of benzene rings is 2. The lowest BCUT2D eigenvalue weighted by molar-refractivity contribution is 0.0818. The van der Waals surface area contributed by atoms with Gasteiger partial charge < -0.3 is 0 Å². The van der Waals surface area contributed by atoms with Crippen LogP contribution in [0.5, 0.6) is 0 Å². The van der Waals surface area contributed by atoms with Gasteiger partial charge in [0.15, 0.2) is 0 Å². The van der Waals surface area contributed by atoms with Gasteiger partial charge in [-0.05, 0) is 73.7 Å². The zero-order chi connectivity index (χ0) is 15.3. The van der Waals surface area contributed by atoms with Crippen molar-refractivity contribution in [1.82, 2.24) is 4.90 Å². The van der Waals surface area contributed by atoms with Crippen LogP contribution in [0.15, 0.2) is 42.5 Å². The Bertz CT molecular complexity index is 710. The van der Waals surface area contributed by atoms with Crippen molar-refractivity contribution < 1.29 is 8.78 Å². The first-order chi connectivity index (χ1) is 10.6. The molecule has 2 aromatic rings. The molecule has 1 fully saturated rings. The molecule has 1 nitrogen and oxygen atoms in total. The highest BCUT2D eigenvalue weighted by Crippen LogP contribution is 2.49. The summed E-state index contributed by atoms with van der Waals surface area (Å²) in [6.07, 6.45) is 3.02. The molecule has 2 atom stereocenters. The molecule has 22 heavy (non-hydrogen) atoms. The van der Waals surface area contributed by atoms with Crippen LogP contribution in [0.25, 0.3) is 0 Å². The molecule has 114 valence electrons. The van der Waals surface area contributed by atoms with Gasteiger partial charge in [0.25, 0.3) is 0 Å². The van der Waals surface area contributed by atoms with Crippen molar-refractivity contribution >= 4 is 0 Å². The van der Waals surface area contributed by atoms with E-state index in [4.69, 9.17) is 0 Å². The SMILES string of the molecule is CC12CCCN1C(c1ccc(F)cc1)Cc1ccc(F)cc12. The van der Waals surface area contributed by atoms with E-state index >= 15 is 0 Å². The van der Waals surface area contributed by atoms with Gasteiger partial charge in [-0.2, -0.15) is 0 Å². The first-order valence-corrected chi connectivity index (χ1v) is 7.89. The third kappa shape index (κ3) is 1.99. The van der Waals surface area contributed by atoms with Gasteiger partial charge in [0, 0.05) is 11.6 Å². The van der Waals surface area contributed by atoms with Crippen LogP contribution in [0.3, 0.4) is 0 Å². The normalized spacial score (nSPS) is 27.5. The Labute approximate surface area is 129 Å². The van der Waals surface area contributed by atoms with Crippen molar-refractivity contribution in [3.8, 4) is 0 Å². The molecule has 1 saturated heterocycles. The Kier molecular flexibility index (Phi) is 3.08. The topological polar surface area (TPSA) is 3.24 Å². The Morgan fingerprint density at radius 2 is 1.77 bits per heavy atom. The maximum atomic E-state index is 13.7. The summed E-state index contributed by atoms with van der Waals surface area (Å²) in [6, 6.07) is 12.2. The molecular weight excluding hydrogens is 280 g/mol. The van der Waals surface area contributed by atoms with E-state index in [2.05, 4.69) is 11.8 Å². The second kappa shape index (κ2) is 4.88. The average Bonchev–Trinajstić information content (AvgIpc) is 2.91. The summed E-state index contributed by atoms with van der Waals surface area (Å²) in [7, 11) is 0. The molecule has 0 spiro atoms. The molecule has 0 N–H and O–H groups in total. The largest absolute Gasteiger partial charge is 0.287 e. The summed E-state index contributed by atoms with van der Waals surface area (Å²) in [5, 5.41) is 0. The van der Waals surface area contributed by atoms with E-state index in [0.717, 1.165) is 36.9 Å². The van der Waals surface area contributed by atoms with Gasteiger partial charge in [-0.1, -0.05) is 18.2 Å². The predicted molar refractivity (Wildman–Crippen MR) is 82.5 cm³/mol. The molecule has 0 amide bonds. The van der Waals surface area contributed by atoms with E-state index in [0.29, 0.717) is 0 Å². The van der Waals surface area contributed by atoms with Crippen LogP contribution in [-0.2, 0) is 12.0 Å². The number of rotatable bonds is 1. The molecule has 3 heteroatoms. The number of nitrogens with zero attached hydrogens (tertiary/aromatic N) is 1. The van der Waals surface area contributed by atoms with Gasteiger partial charge in [0.1, 0.15) is 11.6 Å². The van der Waals surface area contributed by atoms with Gasteiger partial charge in [-0.3, -0.25) is 4.90 Å². The van der Waals surface area contributed by atoms with E-state index in [-0.39, 0.29) is 23.2 Å². The van der Waals surface area contributed by atoms with Crippen LogP contribution in [0.2, 0.25) is 0 Å². The average molecular weight is 299 g/mol. The quantitative estimate of drug-likeness (QED) is 0.745. The van der Waals surface area contributed by atoms with Crippen LogP contribution >= 0.6 is 0 Å². The minimum Gasteiger partial charge on any atom is -0.287 e. The third-order valence-corrected chi connectivity index (χ3v) is 5.39. The summed E-state index contributed by atoms with van der Waals surface area (Å²) < 4.78 is 27.0. The monoisotopic (exact) mass is 299 g/mol. The maximum absolute atomic E-state index is 13.7. The van der Waals surface area contributed by atoms with Crippen molar-refractivity contribution in [1.29, 1.82) is 0 Å². The number of hydrogen-bond acceptors (Lipinski definition) is 1. The van der Waals surface area contributed by atoms with Crippen molar-refractivity contribution in [2.45, 2.75) is 37.8 Å². The maximum Gasteiger partial charge on any atom is 0.123 e. The van der Waals surface area contributed by atoms with Crippen LogP contribution in [-0.4, -0.2) is 11.4 Å². The zero-order valence-corrected chi connectivity index (χ0v) is 12.7. The molecule has 2 unspecified atom stereocenters. The van der Waals surface area contributed by atoms with Gasteiger partial charge in [-0.25, -0.2) is 8.78 Å². The first-order valence-electron chi connectivity index (χ1n) is 7.89. The highest BCUT2D eigenvalue weighted by atomic mass is 19.1. The van der Waals surface area contributed by atoms with Crippen molar-refractivity contribution in [2.75, 3.05) is 6.54 Å². The fourth-order valence-corrected chi connectivity index (χ4v) is 4.30. The van der Waals surface area contributed by atoms with Crippen LogP contribution in [0.1, 0.15) is 42.5 Å². The first kappa shape index (κ1) is 13.9. The standard InChI is InChI=1S/C19H19F2N/c1-19-9-2-10-22(19)18(13-3-6-15(20)7-4-13)11-14-5-8-16(21)12-17(14)19/h3-8,12,18H,2,9-11H2,1H3. The highest BCUT2D eigenvalue weighted by Gasteiger charge is 2.46. The smallest absolute Gasteiger partial charge is 0.123 e. The Morgan fingerprint density at radius 3 is 2.55 bits per heavy atom. The lowest BCUT2D eigenvalue weighted by Crippen LogP contribution is -2.46. The lowest BCUT2D eigenvalue weighted by atomic mass is 9.78. The summed E-state index contributed by atoms with van der Waals surface area (Å²) in [6.45, 7) is 3.22. The zero-order valence-electron chi connectivity index (χ0n) is 12.7. The van der Waals surface area contributed by atoms with Crippen LogP contribution in [0.4, 0.5) is 8.78 Å². The van der Waals surface area contributed by atoms with Gasteiger partial charge in [0.05, 0.1) is 0 Å². The van der Waals surface area contributed by atoms with E-state index in [9.17, 15) is 8.78 Å². The van der Waals surface area contributed by atoms with Gasteiger partial charge >= 0.3 is 0 Å². The minimum atomic E-state index is -0.203. The molecule has 2 heterocycles. The molecule has 0 saturated carbocycles. The summed E-state index contributed by atoms with van der Waals surface area (Å²) >= 11 is 0. The molecule has 0 bridgehead atoms. The highest BCUT2D eigenvalue weighted by molar-refractivity contribution is 5.40. The molecule has 2 aliphatic rings. The molecule has 0 aliphatic carbocycles. The van der Waals surface area contributed by atoms with Gasteiger partial charge in [-0.15, -0.1) is 0 Å². The van der Waals surface area contributed by atoms with Crippen LogP contribution < -0.4 is 0 Å².